The summed E-state index contributed by atoms with van der Waals surface area (Å²) in [4.78, 5) is 0. The number of benzene rings is 3. The van der Waals surface area contributed by atoms with Crippen LogP contribution in [-0.4, -0.2) is 0 Å². The molecule has 5 heteroatoms. The molecule has 3 aromatic carbocycles. The van der Waals surface area contributed by atoms with E-state index in [1.165, 1.54) is 28.8 Å². The van der Waals surface area contributed by atoms with Crippen LogP contribution in [0.4, 0.5) is 13.2 Å². The van der Waals surface area contributed by atoms with Gasteiger partial charge in [0.05, 0.1) is 11.6 Å². The molecule has 0 aliphatic rings. The fourth-order valence-electron chi connectivity index (χ4n) is 3.63. The van der Waals surface area contributed by atoms with E-state index in [1.54, 1.807) is 0 Å². The van der Waals surface area contributed by atoms with E-state index in [4.69, 9.17) is 0 Å². The molecule has 0 fully saturated rings. The van der Waals surface area contributed by atoms with Gasteiger partial charge in [-0.05, 0) is 65.6 Å². The summed E-state index contributed by atoms with van der Waals surface area (Å²) >= 11 is 0. The second-order valence-electron chi connectivity index (χ2n) is 7.83. The summed E-state index contributed by atoms with van der Waals surface area (Å²) in [6.07, 6.45) is 0.0808. The molecule has 3 rings (SSSR count). The molecule has 0 bridgehead atoms. The van der Waals surface area contributed by atoms with E-state index < -0.39 is 17.8 Å². The Morgan fingerprint density at radius 3 is 1.58 bits per heavy atom. The van der Waals surface area contributed by atoms with Crippen LogP contribution >= 0.6 is 0 Å². The van der Waals surface area contributed by atoms with Crippen LogP contribution in [0.5, 0.6) is 0 Å². The molecule has 3 aromatic rings. The van der Waals surface area contributed by atoms with Crippen molar-refractivity contribution in [3.63, 3.8) is 0 Å². The molecule has 0 aromatic heterocycles. The zero-order chi connectivity index (χ0) is 22.3. The Morgan fingerprint density at radius 2 is 1.16 bits per heavy atom. The molecular formula is C26H26F3NO. The van der Waals surface area contributed by atoms with Gasteiger partial charge in [0.15, 0.2) is 0 Å². The monoisotopic (exact) mass is 425 g/mol. The van der Waals surface area contributed by atoms with Crippen LogP contribution in [0.15, 0.2) is 72.8 Å². The smallest absolute Gasteiger partial charge is 0.166 e. The SMILES string of the molecule is CCCc1ccc(CCc2ccc(CC([N][O])c3ccc(C(F)(F)F)cc3)cc2)cc1. The zero-order valence-electron chi connectivity index (χ0n) is 17.5. The summed E-state index contributed by atoms with van der Waals surface area (Å²) in [5, 5.41) is 11.3. The Kier molecular flexibility index (Phi) is 7.88. The highest BCUT2D eigenvalue weighted by Crippen LogP contribution is 2.30. The maximum absolute atomic E-state index is 12.7. The predicted octanol–water partition coefficient (Wildman–Crippen LogP) is 6.68. The number of hydroxylamine groups is 1. The number of nitrogens with zero attached hydrogens (tertiary/aromatic N) is 1. The van der Waals surface area contributed by atoms with E-state index >= 15 is 0 Å². The lowest BCUT2D eigenvalue weighted by Gasteiger charge is -2.14. The molecule has 162 valence electrons. The van der Waals surface area contributed by atoms with Crippen LogP contribution in [0.3, 0.4) is 0 Å². The second-order valence-corrected chi connectivity index (χ2v) is 7.83. The lowest BCUT2D eigenvalue weighted by Crippen LogP contribution is -2.13. The third kappa shape index (κ3) is 6.68. The number of aryl methyl sites for hydroxylation is 3. The predicted molar refractivity (Wildman–Crippen MR) is 115 cm³/mol. The van der Waals surface area contributed by atoms with E-state index in [2.05, 4.69) is 36.7 Å². The molecule has 1 atom stereocenters. The maximum atomic E-state index is 12.7. The van der Waals surface area contributed by atoms with Gasteiger partial charge in [0.1, 0.15) is 0 Å². The van der Waals surface area contributed by atoms with E-state index in [0.717, 1.165) is 43.4 Å². The Morgan fingerprint density at radius 1 is 0.710 bits per heavy atom. The topological polar surface area (TPSA) is 34.0 Å². The van der Waals surface area contributed by atoms with Gasteiger partial charge in [-0.3, -0.25) is 0 Å². The normalized spacial score (nSPS) is 12.7. The Labute approximate surface area is 181 Å². The first-order chi connectivity index (χ1) is 14.9. The minimum atomic E-state index is -4.39. The van der Waals surface area contributed by atoms with Crippen LogP contribution in [0.1, 0.15) is 52.8 Å². The fourth-order valence-corrected chi connectivity index (χ4v) is 3.63. The highest BCUT2D eigenvalue weighted by molar-refractivity contribution is 5.30. The van der Waals surface area contributed by atoms with Crippen LogP contribution < -0.4 is 5.48 Å². The molecule has 31 heavy (non-hydrogen) atoms. The van der Waals surface area contributed by atoms with Crippen LogP contribution in [0.2, 0.25) is 0 Å². The molecule has 2 nitrogen and oxygen atoms in total. The lowest BCUT2D eigenvalue weighted by molar-refractivity contribution is -0.137. The molecule has 0 spiro atoms. The van der Waals surface area contributed by atoms with Crippen LogP contribution in [0, 0.1) is 0 Å². The van der Waals surface area contributed by atoms with Crippen LogP contribution in [-0.2, 0) is 37.1 Å². The third-order valence-corrected chi connectivity index (χ3v) is 5.47. The number of hydrogen-bond acceptors (Lipinski definition) is 0. The molecular weight excluding hydrogens is 399 g/mol. The standard InChI is InChI=1S/C26H26F3NO/c1-2-3-19-4-6-20(7-5-19)8-9-21-10-12-22(13-11-21)18-25(30-31)23-14-16-24(17-15-23)26(27,28)29/h4-7,10-17,25H,2-3,8-9,18H2,1H3. The van der Waals surface area contributed by atoms with Crippen molar-refractivity contribution in [2.24, 2.45) is 0 Å². The molecule has 0 aliphatic heterocycles. The second kappa shape index (κ2) is 10.6. The van der Waals surface area contributed by atoms with E-state index in [1.807, 2.05) is 24.3 Å². The highest BCUT2D eigenvalue weighted by Gasteiger charge is 2.30. The number of hydrogen-bond donors (Lipinski definition) is 0. The molecule has 0 heterocycles. The number of rotatable bonds is 9. The van der Waals surface area contributed by atoms with Gasteiger partial charge in [-0.2, -0.15) is 13.2 Å². The van der Waals surface area contributed by atoms with E-state index in [-0.39, 0.29) is 0 Å². The molecule has 1 unspecified atom stereocenters. The Bertz CT molecular complexity index is 932. The third-order valence-electron chi connectivity index (χ3n) is 5.47. The van der Waals surface area contributed by atoms with E-state index in [0.29, 0.717) is 12.0 Å². The molecule has 2 radical (unpaired) electrons. The van der Waals surface area contributed by atoms with Gasteiger partial charge in [0.2, 0.25) is 0 Å². The minimum Gasteiger partial charge on any atom is -0.166 e. The van der Waals surface area contributed by atoms with Crippen molar-refractivity contribution in [3.8, 4) is 0 Å². The maximum Gasteiger partial charge on any atom is 0.416 e. The Hall–Kier alpha value is -2.63. The van der Waals surface area contributed by atoms with Crippen molar-refractivity contribution >= 4 is 0 Å². The van der Waals surface area contributed by atoms with Gasteiger partial charge in [0.25, 0.3) is 0 Å². The van der Waals surface area contributed by atoms with Crippen molar-refractivity contribution in [2.75, 3.05) is 0 Å². The van der Waals surface area contributed by atoms with Gasteiger partial charge >= 0.3 is 6.18 Å². The van der Waals surface area contributed by atoms with E-state index in [9.17, 15) is 18.4 Å². The van der Waals surface area contributed by atoms with Crippen molar-refractivity contribution in [3.05, 3.63) is 106 Å². The van der Waals surface area contributed by atoms with Crippen molar-refractivity contribution in [1.82, 2.24) is 5.48 Å². The summed E-state index contributed by atoms with van der Waals surface area (Å²) in [7, 11) is 0. The summed E-state index contributed by atoms with van der Waals surface area (Å²) < 4.78 is 38.2. The molecule has 0 saturated heterocycles. The molecule has 0 amide bonds. The Balaban J connectivity index is 1.57. The quantitative estimate of drug-likeness (QED) is 0.343. The summed E-state index contributed by atoms with van der Waals surface area (Å²) in [5.74, 6) is 0. The fraction of sp³-hybridized carbons (Fsp3) is 0.308. The lowest BCUT2D eigenvalue weighted by atomic mass is 9.96. The van der Waals surface area contributed by atoms with Gasteiger partial charge in [0, 0.05) is 0 Å². The minimum absolute atomic E-state index is 0.355. The molecule has 0 saturated carbocycles. The van der Waals surface area contributed by atoms with Crippen molar-refractivity contribution < 1.29 is 18.4 Å². The van der Waals surface area contributed by atoms with Gasteiger partial charge in [-0.1, -0.05) is 79.5 Å². The van der Waals surface area contributed by atoms with Gasteiger partial charge < -0.3 is 0 Å². The average Bonchev–Trinajstić information content (AvgIpc) is 2.77. The highest BCUT2D eigenvalue weighted by atomic mass is 19.4. The first-order valence-electron chi connectivity index (χ1n) is 10.5. The number of halogens is 3. The number of alkyl halides is 3. The first kappa shape index (κ1) is 23.0. The summed E-state index contributed by atoms with van der Waals surface area (Å²) in [5.41, 5.74) is 7.68. The van der Waals surface area contributed by atoms with Gasteiger partial charge in [-0.25, -0.2) is 0 Å². The molecule has 0 aliphatic carbocycles. The molecule has 0 N–H and O–H groups in total. The van der Waals surface area contributed by atoms with Crippen molar-refractivity contribution in [1.29, 1.82) is 0 Å². The summed E-state index contributed by atoms with van der Waals surface area (Å²) in [6, 6.07) is 20.7. The van der Waals surface area contributed by atoms with Crippen molar-refractivity contribution in [2.45, 2.75) is 51.2 Å². The van der Waals surface area contributed by atoms with Gasteiger partial charge in [-0.15, -0.1) is 5.21 Å². The average molecular weight is 425 g/mol. The first-order valence-corrected chi connectivity index (χ1v) is 10.5. The van der Waals surface area contributed by atoms with Crippen LogP contribution in [0.25, 0.3) is 0 Å². The largest absolute Gasteiger partial charge is 0.416 e. The zero-order valence-corrected chi connectivity index (χ0v) is 17.5. The summed E-state index contributed by atoms with van der Waals surface area (Å²) in [6.45, 7) is 2.18.